The number of nitrogens with zero attached hydrogens (tertiary/aromatic N) is 2. The first kappa shape index (κ1) is 18.8. The predicted molar refractivity (Wildman–Crippen MR) is 101 cm³/mol. The van der Waals surface area contributed by atoms with Crippen LogP contribution < -0.4 is 5.32 Å². The van der Waals surface area contributed by atoms with Crippen molar-refractivity contribution in [3.05, 3.63) is 59.2 Å². The molecule has 1 heterocycles. The first-order valence-electron chi connectivity index (χ1n) is 8.35. The molecule has 0 unspecified atom stereocenters. The zero-order chi connectivity index (χ0) is 19.6. The molecule has 0 radical (unpaired) electrons. The summed E-state index contributed by atoms with van der Waals surface area (Å²) in [6, 6.07) is 11.7. The summed E-state index contributed by atoms with van der Waals surface area (Å²) in [5.74, 6) is -0.130. The van der Waals surface area contributed by atoms with Gasteiger partial charge >= 0.3 is 6.01 Å². The van der Waals surface area contributed by atoms with Crippen LogP contribution in [0.25, 0.3) is 11.5 Å². The van der Waals surface area contributed by atoms with E-state index in [1.54, 1.807) is 31.2 Å². The lowest BCUT2D eigenvalue weighted by Crippen LogP contribution is -2.12. The van der Waals surface area contributed by atoms with Gasteiger partial charge in [-0.25, -0.2) is 8.42 Å². The maximum absolute atomic E-state index is 12.3. The molecule has 140 valence electrons. The molecule has 3 rings (SSSR count). The van der Waals surface area contributed by atoms with Crippen molar-refractivity contribution in [2.75, 3.05) is 11.1 Å². The summed E-state index contributed by atoms with van der Waals surface area (Å²) < 4.78 is 29.2. The second-order valence-electron chi connectivity index (χ2n) is 6.17. The van der Waals surface area contributed by atoms with Gasteiger partial charge in [-0.3, -0.25) is 10.1 Å². The summed E-state index contributed by atoms with van der Waals surface area (Å²) in [5, 5.41) is 10.3. The number of carbonyl (C=O) groups is 1. The van der Waals surface area contributed by atoms with Crippen molar-refractivity contribution in [1.82, 2.24) is 10.2 Å². The molecule has 0 bridgehead atoms. The highest BCUT2D eigenvalue weighted by molar-refractivity contribution is 7.91. The van der Waals surface area contributed by atoms with Crippen LogP contribution in [0.4, 0.5) is 6.01 Å². The number of benzene rings is 2. The van der Waals surface area contributed by atoms with E-state index < -0.39 is 9.84 Å². The fourth-order valence-electron chi connectivity index (χ4n) is 2.64. The van der Waals surface area contributed by atoms with Crippen LogP contribution in [0.15, 0.2) is 51.8 Å². The molecular formula is C19H19N3O4S. The smallest absolute Gasteiger partial charge is 0.322 e. The number of hydrogen-bond acceptors (Lipinski definition) is 6. The molecule has 2 aromatic carbocycles. The zero-order valence-corrected chi connectivity index (χ0v) is 16.0. The number of carbonyl (C=O) groups excluding carboxylic acids is 1. The minimum absolute atomic E-state index is 0.0283. The molecule has 1 aromatic heterocycles. The Morgan fingerprint density at radius 2 is 1.67 bits per heavy atom. The summed E-state index contributed by atoms with van der Waals surface area (Å²) in [5.41, 5.74) is 3.02. The van der Waals surface area contributed by atoms with E-state index in [-0.39, 0.29) is 28.5 Å². The summed E-state index contributed by atoms with van der Waals surface area (Å²) in [4.78, 5) is 12.6. The number of aryl methyl sites for hydroxylation is 2. The van der Waals surface area contributed by atoms with Crippen LogP contribution in [0.5, 0.6) is 0 Å². The molecule has 0 saturated carbocycles. The van der Waals surface area contributed by atoms with Crippen LogP contribution in [0.2, 0.25) is 0 Å². The van der Waals surface area contributed by atoms with E-state index in [1.807, 2.05) is 19.9 Å². The topological polar surface area (TPSA) is 102 Å². The van der Waals surface area contributed by atoms with Crippen LogP contribution >= 0.6 is 0 Å². The molecule has 0 aliphatic carbocycles. The summed E-state index contributed by atoms with van der Waals surface area (Å²) in [6.07, 6.45) is 0. The van der Waals surface area contributed by atoms with Crippen molar-refractivity contribution < 1.29 is 17.6 Å². The van der Waals surface area contributed by atoms with Gasteiger partial charge in [0.25, 0.3) is 5.91 Å². The third-order valence-corrected chi connectivity index (χ3v) is 5.72. The van der Waals surface area contributed by atoms with E-state index >= 15 is 0 Å². The molecule has 8 heteroatoms. The van der Waals surface area contributed by atoms with Crippen molar-refractivity contribution >= 4 is 21.8 Å². The highest BCUT2D eigenvalue weighted by atomic mass is 32.2. The lowest BCUT2D eigenvalue weighted by Gasteiger charge is -2.04. The fraction of sp³-hybridized carbons (Fsp3) is 0.211. The molecule has 0 fully saturated rings. The van der Waals surface area contributed by atoms with Crippen LogP contribution in [0.1, 0.15) is 28.4 Å². The Labute approximate surface area is 157 Å². The number of hydrogen-bond donors (Lipinski definition) is 1. The van der Waals surface area contributed by atoms with E-state index in [0.29, 0.717) is 11.1 Å². The Balaban J connectivity index is 1.77. The third-order valence-electron chi connectivity index (χ3n) is 3.97. The van der Waals surface area contributed by atoms with Crippen molar-refractivity contribution in [2.24, 2.45) is 0 Å². The lowest BCUT2D eigenvalue weighted by atomic mass is 10.1. The van der Waals surface area contributed by atoms with Gasteiger partial charge in [-0.15, -0.1) is 5.10 Å². The normalized spacial score (nSPS) is 11.4. The van der Waals surface area contributed by atoms with E-state index in [4.69, 9.17) is 4.42 Å². The Hall–Kier alpha value is -3.00. The van der Waals surface area contributed by atoms with E-state index in [1.165, 1.54) is 12.1 Å². The Morgan fingerprint density at radius 1 is 1.04 bits per heavy atom. The molecule has 0 aliphatic heterocycles. The standard InChI is InChI=1S/C19H19N3O4S/c1-4-27(24,25)16-7-5-14(6-8-16)18-21-22-19(26-18)20-17(23)15-10-12(2)9-13(3)11-15/h5-11H,4H2,1-3H3,(H,20,22,23). The van der Waals surface area contributed by atoms with Crippen LogP contribution in [-0.4, -0.2) is 30.3 Å². The number of sulfone groups is 1. The maximum atomic E-state index is 12.3. The van der Waals surface area contributed by atoms with Gasteiger partial charge in [0.1, 0.15) is 0 Å². The summed E-state index contributed by atoms with van der Waals surface area (Å²) >= 11 is 0. The van der Waals surface area contributed by atoms with E-state index in [2.05, 4.69) is 15.5 Å². The first-order valence-corrected chi connectivity index (χ1v) is 10.00. The number of aromatic nitrogens is 2. The van der Waals surface area contributed by atoms with Gasteiger partial charge in [0.15, 0.2) is 9.84 Å². The Kier molecular flexibility index (Phi) is 5.09. The van der Waals surface area contributed by atoms with Gasteiger partial charge in [-0.2, -0.15) is 0 Å². The predicted octanol–water partition coefficient (Wildman–Crippen LogP) is 3.40. The molecular weight excluding hydrogens is 366 g/mol. The van der Waals surface area contributed by atoms with Gasteiger partial charge in [0.2, 0.25) is 5.89 Å². The van der Waals surface area contributed by atoms with E-state index in [9.17, 15) is 13.2 Å². The molecule has 27 heavy (non-hydrogen) atoms. The monoisotopic (exact) mass is 385 g/mol. The number of nitrogens with one attached hydrogen (secondary N) is 1. The Morgan fingerprint density at radius 3 is 2.26 bits per heavy atom. The van der Waals surface area contributed by atoms with Crippen molar-refractivity contribution in [2.45, 2.75) is 25.7 Å². The van der Waals surface area contributed by atoms with Gasteiger partial charge in [-0.1, -0.05) is 29.2 Å². The number of rotatable bonds is 5. The lowest BCUT2D eigenvalue weighted by molar-refractivity contribution is 0.102. The van der Waals surface area contributed by atoms with Gasteiger partial charge in [0.05, 0.1) is 10.6 Å². The minimum atomic E-state index is -3.27. The highest BCUT2D eigenvalue weighted by Gasteiger charge is 2.15. The minimum Gasteiger partial charge on any atom is -0.403 e. The van der Waals surface area contributed by atoms with Crippen LogP contribution in [0.3, 0.4) is 0 Å². The molecule has 0 spiro atoms. The second-order valence-corrected chi connectivity index (χ2v) is 8.45. The van der Waals surface area contributed by atoms with Gasteiger partial charge < -0.3 is 4.42 Å². The average Bonchev–Trinajstić information content (AvgIpc) is 3.09. The van der Waals surface area contributed by atoms with Crippen molar-refractivity contribution in [1.29, 1.82) is 0 Å². The molecule has 1 amide bonds. The Bertz CT molecular complexity index is 1070. The highest BCUT2D eigenvalue weighted by Crippen LogP contribution is 2.22. The summed E-state index contributed by atoms with van der Waals surface area (Å²) in [6.45, 7) is 5.42. The van der Waals surface area contributed by atoms with E-state index in [0.717, 1.165) is 11.1 Å². The largest absolute Gasteiger partial charge is 0.403 e. The molecule has 0 atom stereocenters. The number of amides is 1. The molecule has 0 aliphatic rings. The van der Waals surface area contributed by atoms with Crippen molar-refractivity contribution in [3.8, 4) is 11.5 Å². The van der Waals surface area contributed by atoms with Gasteiger partial charge in [0, 0.05) is 11.1 Å². The second kappa shape index (κ2) is 7.32. The van der Waals surface area contributed by atoms with Crippen molar-refractivity contribution in [3.63, 3.8) is 0 Å². The molecule has 0 saturated heterocycles. The maximum Gasteiger partial charge on any atom is 0.322 e. The first-order chi connectivity index (χ1) is 12.8. The zero-order valence-electron chi connectivity index (χ0n) is 15.2. The van der Waals surface area contributed by atoms with Crippen LogP contribution in [-0.2, 0) is 9.84 Å². The third kappa shape index (κ3) is 4.22. The average molecular weight is 385 g/mol. The van der Waals surface area contributed by atoms with Crippen LogP contribution in [0, 0.1) is 13.8 Å². The summed E-state index contributed by atoms with van der Waals surface area (Å²) in [7, 11) is -3.27. The SMILES string of the molecule is CCS(=O)(=O)c1ccc(-c2nnc(NC(=O)c3cc(C)cc(C)c3)o2)cc1. The van der Waals surface area contributed by atoms with Gasteiger partial charge in [-0.05, 0) is 50.2 Å². The quantitative estimate of drug-likeness (QED) is 0.722. The fourth-order valence-corrected chi connectivity index (χ4v) is 3.52. The molecule has 7 nitrogen and oxygen atoms in total. The molecule has 3 aromatic rings. The number of anilines is 1. The molecule has 1 N–H and O–H groups in total.